The number of rotatable bonds is 18. The Morgan fingerprint density at radius 2 is 0.554 bits per heavy atom. The Hall–Kier alpha value is -17.2. The van der Waals surface area contributed by atoms with E-state index in [0.717, 1.165) is 125 Å². The number of imidazole rings is 3. The molecule has 0 radical (unpaired) electrons. The van der Waals surface area contributed by atoms with Gasteiger partial charge in [0, 0.05) is 73.5 Å². The number of hydrogen-bond donors (Lipinski definition) is 2. The minimum absolute atomic E-state index is 0.0946. The number of benzene rings is 19. The number of anilines is 2. The molecule has 1 aliphatic rings. The van der Waals surface area contributed by atoms with E-state index >= 15 is 0 Å². The Morgan fingerprint density at radius 1 is 0.262 bits per heavy atom. The average molecular weight is 1680 g/mol. The van der Waals surface area contributed by atoms with Gasteiger partial charge in [-0.1, -0.05) is 315 Å². The maximum atomic E-state index is 11.2. The number of para-hydroxylation sites is 2. The largest absolute Gasteiger partial charge is 0.507 e. The van der Waals surface area contributed by atoms with Crippen LogP contribution in [0.2, 0.25) is 0 Å². The van der Waals surface area contributed by atoms with Gasteiger partial charge in [-0.25, -0.2) is 15.0 Å². The fraction of sp³-hybridized carbons (Fsp3) is 0.0336. The molecule has 1 atom stereocenters. The van der Waals surface area contributed by atoms with Crippen LogP contribution in [0.15, 0.2) is 449 Å². The molecule has 11 nitrogen and oxygen atoms in total. The van der Waals surface area contributed by atoms with Crippen LogP contribution in [-0.2, 0) is 6.42 Å². The first-order valence-corrected chi connectivity index (χ1v) is 43.9. The number of aromatic nitrogens is 6. The molecule has 620 valence electrons. The Balaban J connectivity index is 0.000000153. The van der Waals surface area contributed by atoms with Gasteiger partial charge in [0.2, 0.25) is 0 Å². The summed E-state index contributed by atoms with van der Waals surface area (Å²) in [5.41, 5.74) is 24.1. The molecule has 0 bridgehead atoms. The lowest BCUT2D eigenvalue weighted by Gasteiger charge is -2.30. The van der Waals surface area contributed by atoms with E-state index < -0.39 is 0 Å². The summed E-state index contributed by atoms with van der Waals surface area (Å²) in [4.78, 5) is 18.5. The van der Waals surface area contributed by atoms with Crippen LogP contribution in [0.5, 0.6) is 34.5 Å². The van der Waals surface area contributed by atoms with Gasteiger partial charge in [-0.3, -0.25) is 13.7 Å². The van der Waals surface area contributed by atoms with Gasteiger partial charge in [0.15, 0.2) is 0 Å². The van der Waals surface area contributed by atoms with Crippen LogP contribution in [-0.4, -0.2) is 38.9 Å². The second-order valence-corrected chi connectivity index (χ2v) is 32.9. The molecule has 1 aliphatic heterocycles. The van der Waals surface area contributed by atoms with Crippen molar-refractivity contribution in [3.05, 3.63) is 471 Å². The van der Waals surface area contributed by atoms with Crippen LogP contribution in [0.4, 0.5) is 11.4 Å². The molecule has 3 aromatic heterocycles. The average Bonchev–Trinajstić information content (AvgIpc) is 1.50. The van der Waals surface area contributed by atoms with Crippen LogP contribution in [0.25, 0.3) is 162 Å². The van der Waals surface area contributed by atoms with Crippen molar-refractivity contribution in [2.75, 3.05) is 4.90 Å². The van der Waals surface area contributed by atoms with Crippen molar-refractivity contribution in [3.63, 3.8) is 0 Å². The Bertz CT molecular complexity index is 7940. The minimum atomic E-state index is 0.0946. The molecule has 4 heterocycles. The molecule has 0 saturated carbocycles. The molecule has 0 amide bonds. The van der Waals surface area contributed by atoms with Gasteiger partial charge < -0.3 is 24.6 Å². The molecular formula is C119H85N7O4. The number of nitrogens with zero attached hydrogens (tertiary/aromatic N) is 7. The highest BCUT2D eigenvalue weighted by Gasteiger charge is 2.37. The third kappa shape index (κ3) is 14.8. The summed E-state index contributed by atoms with van der Waals surface area (Å²) in [5.74, 6) is 5.30. The highest BCUT2D eigenvalue weighted by molar-refractivity contribution is 6.17. The van der Waals surface area contributed by atoms with Crippen LogP contribution in [0.1, 0.15) is 28.3 Å². The Kier molecular flexibility index (Phi) is 20.7. The molecule has 1 unspecified atom stereocenters. The monoisotopic (exact) mass is 1680 g/mol. The standard InChI is InChI=1S/C60H43N3O2.C59H42N4O2/c1-39-36-42-20-8-9-21-43(42)37-53(39)55-38-54-50-24-11-10-22-48(50)49-23-12-13-25-51(49)59(54)62(55)44-28-32-46(33-29-44)65-47-34-30-45(31-35-47)63-58(41-18-6-3-7-19-41)57(40-16-4-2-5-17-40)61-60(63)52-26-14-15-27-56(52)64;1-40-38-45-26-14-15-27-46(45)39-52(40)59-61-55(42-20-8-3-9-21-42)57(44-24-12-5-13-25-44)63(59)48-32-36-50(37-33-48)65-49-34-30-47(31-35-49)62-56(43-22-10-4-11-23-43)54(41-18-6-2-7-19-41)60-58(62)51-28-16-17-29-53(51)64/h2-37,55,64H,38H2,1H3;2-39,64H,1H3. The van der Waals surface area contributed by atoms with Crippen molar-refractivity contribution < 1.29 is 19.7 Å². The van der Waals surface area contributed by atoms with Crippen molar-refractivity contribution in [1.82, 2.24) is 28.7 Å². The topological polar surface area (TPSA) is 116 Å². The third-order valence-electron chi connectivity index (χ3n) is 24.9. The molecule has 22 aromatic rings. The SMILES string of the molecule is Cc1cc2ccccc2cc1-c1nc(-c2ccccc2)c(-c2ccccc2)n1-c1ccc(Oc2ccc(-n3c(-c4ccccc4O)nc(-c4ccccc4)c3-c3ccccc3)cc2)cc1.Cc1cc2ccccc2cc1C1Cc2c(c3ccccc3c3ccccc23)N1c1ccc(Oc2ccc(-n3c(-c4ccccc4O)nc(-c4ccccc4)c3-c3ccccc3)cc2)cc1. The van der Waals surface area contributed by atoms with Crippen molar-refractivity contribution in [3.8, 4) is 153 Å². The van der Waals surface area contributed by atoms with Gasteiger partial charge in [-0.15, -0.1) is 0 Å². The van der Waals surface area contributed by atoms with Crippen molar-refractivity contribution in [2.24, 2.45) is 0 Å². The summed E-state index contributed by atoms with van der Waals surface area (Å²) in [5, 5.41) is 32.3. The second kappa shape index (κ2) is 34.1. The second-order valence-electron chi connectivity index (χ2n) is 32.9. The molecule has 2 N–H and O–H groups in total. The molecule has 23 rings (SSSR count). The molecular weight excluding hydrogens is 1590 g/mol. The summed E-state index contributed by atoms with van der Waals surface area (Å²) in [7, 11) is 0. The number of hydrogen-bond acceptors (Lipinski definition) is 8. The van der Waals surface area contributed by atoms with E-state index in [2.05, 4.69) is 299 Å². The predicted octanol–water partition coefficient (Wildman–Crippen LogP) is 30.6. The summed E-state index contributed by atoms with van der Waals surface area (Å²) >= 11 is 0. The van der Waals surface area contributed by atoms with Gasteiger partial charge in [-0.05, 0) is 207 Å². The van der Waals surface area contributed by atoms with Gasteiger partial charge in [-0.2, -0.15) is 0 Å². The van der Waals surface area contributed by atoms with Crippen molar-refractivity contribution >= 4 is 54.5 Å². The Labute approximate surface area is 753 Å². The van der Waals surface area contributed by atoms with E-state index in [1.807, 2.05) is 170 Å². The first-order chi connectivity index (χ1) is 64.1. The predicted molar refractivity (Wildman–Crippen MR) is 531 cm³/mol. The maximum absolute atomic E-state index is 11.2. The fourth-order valence-corrected chi connectivity index (χ4v) is 18.8. The third-order valence-corrected chi connectivity index (χ3v) is 24.9. The van der Waals surface area contributed by atoms with E-state index in [1.54, 1.807) is 12.1 Å². The van der Waals surface area contributed by atoms with Gasteiger partial charge in [0.05, 0.1) is 57.0 Å². The highest BCUT2D eigenvalue weighted by atomic mass is 16.5. The first-order valence-electron chi connectivity index (χ1n) is 43.9. The van der Waals surface area contributed by atoms with Crippen molar-refractivity contribution in [2.45, 2.75) is 26.3 Å². The number of aryl methyl sites for hydroxylation is 2. The van der Waals surface area contributed by atoms with E-state index in [1.165, 1.54) is 60.1 Å². The first kappa shape index (κ1) is 78.8. The quantitative estimate of drug-likeness (QED) is 0.0817. The molecule has 19 aromatic carbocycles. The summed E-state index contributed by atoms with van der Waals surface area (Å²) in [6.07, 6.45) is 0.895. The summed E-state index contributed by atoms with van der Waals surface area (Å²) < 4.78 is 19.7. The van der Waals surface area contributed by atoms with E-state index in [4.69, 9.17) is 24.4 Å². The number of phenols is 2. The molecule has 11 heteroatoms. The minimum Gasteiger partial charge on any atom is -0.507 e. The molecule has 0 fully saturated rings. The zero-order valence-electron chi connectivity index (χ0n) is 71.3. The lowest BCUT2D eigenvalue weighted by Crippen LogP contribution is -2.20. The molecule has 0 saturated heterocycles. The zero-order valence-corrected chi connectivity index (χ0v) is 71.3. The van der Waals surface area contributed by atoms with Crippen LogP contribution >= 0.6 is 0 Å². The molecule has 130 heavy (non-hydrogen) atoms. The normalized spacial score (nSPS) is 12.3. The van der Waals surface area contributed by atoms with Gasteiger partial charge in [0.25, 0.3) is 0 Å². The highest BCUT2D eigenvalue weighted by Crippen LogP contribution is 2.54. The zero-order chi connectivity index (χ0) is 87.1. The van der Waals surface area contributed by atoms with Gasteiger partial charge >= 0.3 is 0 Å². The fourth-order valence-electron chi connectivity index (χ4n) is 18.8. The molecule has 0 spiro atoms. The Morgan fingerprint density at radius 3 is 0.938 bits per heavy atom. The molecule has 0 aliphatic carbocycles. The number of ether oxygens (including phenoxy) is 2. The number of aromatic hydroxyl groups is 2. The van der Waals surface area contributed by atoms with E-state index in [9.17, 15) is 10.2 Å². The lowest BCUT2D eigenvalue weighted by molar-refractivity contribution is 0.476. The lowest BCUT2D eigenvalue weighted by atomic mass is 9.92. The van der Waals surface area contributed by atoms with E-state index in [0.29, 0.717) is 40.0 Å². The van der Waals surface area contributed by atoms with Crippen LogP contribution < -0.4 is 14.4 Å². The number of fused-ring (bicyclic) bond motifs is 8. The summed E-state index contributed by atoms with van der Waals surface area (Å²) in [6, 6.07) is 154. The number of phenolic OH excluding ortho intramolecular Hbond substituents is 2. The van der Waals surface area contributed by atoms with Crippen LogP contribution in [0.3, 0.4) is 0 Å². The van der Waals surface area contributed by atoms with Gasteiger partial charge in [0.1, 0.15) is 52.0 Å². The van der Waals surface area contributed by atoms with Crippen molar-refractivity contribution in [1.29, 1.82) is 0 Å². The van der Waals surface area contributed by atoms with E-state index in [-0.39, 0.29) is 17.5 Å². The smallest absolute Gasteiger partial charge is 0.149 e. The van der Waals surface area contributed by atoms with Crippen LogP contribution in [0, 0.1) is 13.8 Å². The summed E-state index contributed by atoms with van der Waals surface area (Å²) in [6.45, 7) is 4.42. The maximum Gasteiger partial charge on any atom is 0.149 e.